The van der Waals surface area contributed by atoms with Crippen LogP contribution in [0.15, 0.2) is 18.2 Å². The summed E-state index contributed by atoms with van der Waals surface area (Å²) in [6.45, 7) is 3.13. The molecule has 6 heteroatoms. The van der Waals surface area contributed by atoms with Gasteiger partial charge in [0.1, 0.15) is 6.10 Å². The molecule has 1 rings (SSSR count). The first-order valence-corrected chi connectivity index (χ1v) is 7.14. The Balaban J connectivity index is 2.73. The van der Waals surface area contributed by atoms with Gasteiger partial charge in [0.05, 0.1) is 11.7 Å². The quantitative estimate of drug-likeness (QED) is 0.740. The van der Waals surface area contributed by atoms with E-state index in [2.05, 4.69) is 0 Å². The molecule has 20 heavy (non-hydrogen) atoms. The van der Waals surface area contributed by atoms with Crippen LogP contribution in [0.4, 0.5) is 0 Å². The van der Waals surface area contributed by atoms with Crippen LogP contribution in [0.2, 0.25) is 0 Å². The van der Waals surface area contributed by atoms with Gasteiger partial charge >= 0.3 is 5.97 Å². The van der Waals surface area contributed by atoms with E-state index in [1.807, 2.05) is 0 Å². The van der Waals surface area contributed by atoms with Gasteiger partial charge in [0.25, 0.3) is 0 Å². The van der Waals surface area contributed by atoms with Crippen molar-refractivity contribution in [3.8, 4) is 0 Å². The van der Waals surface area contributed by atoms with Gasteiger partial charge in [-0.15, -0.1) is 0 Å². The molecule has 0 fully saturated rings. The molecular formula is C14H18O5S. The zero-order valence-corrected chi connectivity index (χ0v) is 12.2. The summed E-state index contributed by atoms with van der Waals surface area (Å²) in [7, 11) is 0. The molecular weight excluding hydrogens is 280 g/mol. The molecule has 0 saturated heterocycles. The number of aromatic carboxylic acids is 1. The van der Waals surface area contributed by atoms with Crippen LogP contribution in [-0.2, 0) is 4.79 Å². The average Bonchev–Trinajstić information content (AvgIpc) is 2.37. The Morgan fingerprint density at radius 3 is 2.45 bits per heavy atom. The van der Waals surface area contributed by atoms with Crippen LogP contribution in [0.3, 0.4) is 0 Å². The molecule has 0 amide bonds. The van der Waals surface area contributed by atoms with E-state index < -0.39 is 18.2 Å². The van der Waals surface area contributed by atoms with Gasteiger partial charge in [-0.05, 0) is 36.6 Å². The summed E-state index contributed by atoms with van der Waals surface area (Å²) in [6.07, 6.45) is -1.80. The standard InChI is InChI=1S/C14H18O5S/c1-8-7-10(14(18)19)3-4-11(8)13(17)12(16)5-6-20-9(2)15/h3-4,7,12-13,16-17H,5-6H2,1-2H3,(H,18,19). The summed E-state index contributed by atoms with van der Waals surface area (Å²) in [4.78, 5) is 21.6. The van der Waals surface area contributed by atoms with Crippen LogP contribution in [0.1, 0.15) is 40.9 Å². The van der Waals surface area contributed by atoms with Gasteiger partial charge in [-0.1, -0.05) is 17.8 Å². The number of aliphatic hydroxyl groups is 2. The van der Waals surface area contributed by atoms with Gasteiger partial charge in [-0.25, -0.2) is 4.79 Å². The van der Waals surface area contributed by atoms with Crippen molar-refractivity contribution in [3.05, 3.63) is 34.9 Å². The van der Waals surface area contributed by atoms with Crippen LogP contribution < -0.4 is 0 Å². The molecule has 0 aliphatic heterocycles. The molecule has 3 N–H and O–H groups in total. The van der Waals surface area contributed by atoms with Crippen molar-refractivity contribution in [2.24, 2.45) is 0 Å². The third kappa shape index (κ3) is 4.63. The highest BCUT2D eigenvalue weighted by atomic mass is 32.2. The molecule has 110 valence electrons. The zero-order valence-electron chi connectivity index (χ0n) is 11.4. The van der Waals surface area contributed by atoms with Crippen molar-refractivity contribution in [1.82, 2.24) is 0 Å². The van der Waals surface area contributed by atoms with Crippen molar-refractivity contribution >= 4 is 22.8 Å². The largest absolute Gasteiger partial charge is 0.478 e. The second-order valence-corrected chi connectivity index (χ2v) is 5.79. The fourth-order valence-electron chi connectivity index (χ4n) is 1.83. The first-order chi connectivity index (χ1) is 9.32. The third-order valence-electron chi connectivity index (χ3n) is 2.92. The Morgan fingerprint density at radius 1 is 1.30 bits per heavy atom. The van der Waals surface area contributed by atoms with E-state index in [1.165, 1.54) is 25.1 Å². The number of benzene rings is 1. The molecule has 0 aromatic heterocycles. The highest BCUT2D eigenvalue weighted by molar-refractivity contribution is 8.13. The van der Waals surface area contributed by atoms with E-state index >= 15 is 0 Å². The smallest absolute Gasteiger partial charge is 0.335 e. The fraction of sp³-hybridized carbons (Fsp3) is 0.429. The van der Waals surface area contributed by atoms with Crippen LogP contribution in [0.5, 0.6) is 0 Å². The number of carboxylic acids is 1. The fourth-order valence-corrected chi connectivity index (χ4v) is 2.48. The maximum Gasteiger partial charge on any atom is 0.335 e. The first-order valence-electron chi connectivity index (χ1n) is 6.16. The van der Waals surface area contributed by atoms with Crippen LogP contribution in [-0.4, -0.2) is 38.3 Å². The molecule has 1 aromatic rings. The summed E-state index contributed by atoms with van der Waals surface area (Å²) < 4.78 is 0. The summed E-state index contributed by atoms with van der Waals surface area (Å²) in [6, 6.07) is 4.35. The molecule has 0 saturated carbocycles. The van der Waals surface area contributed by atoms with Gasteiger partial charge < -0.3 is 15.3 Å². The Kier molecular flexibility index (Phi) is 6.19. The first kappa shape index (κ1) is 16.7. The number of rotatable bonds is 6. The zero-order chi connectivity index (χ0) is 15.3. The number of aryl methyl sites for hydroxylation is 1. The minimum Gasteiger partial charge on any atom is -0.478 e. The van der Waals surface area contributed by atoms with Gasteiger partial charge in [0.15, 0.2) is 5.12 Å². The summed E-state index contributed by atoms with van der Waals surface area (Å²) >= 11 is 1.10. The Bertz CT molecular complexity index is 500. The number of carbonyl (C=O) groups is 2. The minimum atomic E-state index is -1.09. The van der Waals surface area contributed by atoms with Crippen LogP contribution in [0, 0.1) is 6.92 Å². The van der Waals surface area contributed by atoms with Crippen molar-refractivity contribution in [1.29, 1.82) is 0 Å². The Morgan fingerprint density at radius 2 is 1.95 bits per heavy atom. The van der Waals surface area contributed by atoms with Gasteiger partial charge in [-0.3, -0.25) is 4.79 Å². The molecule has 0 spiro atoms. The SMILES string of the molecule is CC(=O)SCCC(O)C(O)c1ccc(C(=O)O)cc1C. The molecule has 0 heterocycles. The molecule has 5 nitrogen and oxygen atoms in total. The number of carbonyl (C=O) groups excluding carboxylic acids is 1. The summed E-state index contributed by atoms with van der Waals surface area (Å²) in [5, 5.41) is 28.8. The molecule has 0 bridgehead atoms. The maximum atomic E-state index is 10.8. The van der Waals surface area contributed by atoms with E-state index in [1.54, 1.807) is 6.92 Å². The lowest BCUT2D eigenvalue weighted by atomic mass is 9.96. The molecule has 0 aliphatic carbocycles. The molecule has 0 radical (unpaired) electrons. The number of carboxylic acid groups (broad SMARTS) is 1. The third-order valence-corrected chi connectivity index (χ3v) is 3.77. The van der Waals surface area contributed by atoms with Crippen LogP contribution >= 0.6 is 11.8 Å². The monoisotopic (exact) mass is 298 g/mol. The Hall–Kier alpha value is -1.37. The number of hydrogen-bond donors (Lipinski definition) is 3. The minimum absolute atomic E-state index is 0.0336. The molecule has 2 atom stereocenters. The normalized spacial score (nSPS) is 13.8. The van der Waals surface area contributed by atoms with Crippen molar-refractivity contribution in [3.63, 3.8) is 0 Å². The average molecular weight is 298 g/mol. The number of thioether (sulfide) groups is 1. The van der Waals surface area contributed by atoms with Crippen molar-refractivity contribution in [2.75, 3.05) is 5.75 Å². The van der Waals surface area contributed by atoms with E-state index in [0.717, 1.165) is 11.8 Å². The van der Waals surface area contributed by atoms with Gasteiger partial charge in [0, 0.05) is 12.7 Å². The highest BCUT2D eigenvalue weighted by Crippen LogP contribution is 2.24. The lowest BCUT2D eigenvalue weighted by molar-refractivity contribution is -0.109. The lowest BCUT2D eigenvalue weighted by Crippen LogP contribution is -2.20. The van der Waals surface area contributed by atoms with Crippen molar-refractivity contribution in [2.45, 2.75) is 32.5 Å². The predicted octanol–water partition coefficient (Wildman–Crippen LogP) is 1.76. The maximum absolute atomic E-state index is 10.8. The van der Waals surface area contributed by atoms with Crippen molar-refractivity contribution < 1.29 is 24.9 Å². The molecule has 0 aliphatic rings. The second kappa shape index (κ2) is 7.42. The Labute approximate surface area is 121 Å². The van der Waals surface area contributed by atoms with E-state index in [9.17, 15) is 19.8 Å². The van der Waals surface area contributed by atoms with Gasteiger partial charge in [0.2, 0.25) is 0 Å². The van der Waals surface area contributed by atoms with E-state index in [4.69, 9.17) is 5.11 Å². The lowest BCUT2D eigenvalue weighted by Gasteiger charge is -2.19. The summed E-state index contributed by atoms with van der Waals surface area (Å²) in [5.41, 5.74) is 1.24. The van der Waals surface area contributed by atoms with Crippen LogP contribution in [0.25, 0.3) is 0 Å². The second-order valence-electron chi connectivity index (χ2n) is 4.52. The number of aliphatic hydroxyl groups excluding tert-OH is 2. The predicted molar refractivity (Wildman–Crippen MR) is 76.9 cm³/mol. The highest BCUT2D eigenvalue weighted by Gasteiger charge is 2.20. The topological polar surface area (TPSA) is 94.8 Å². The molecule has 1 aromatic carbocycles. The molecule has 2 unspecified atom stereocenters. The van der Waals surface area contributed by atoms with E-state index in [0.29, 0.717) is 16.9 Å². The van der Waals surface area contributed by atoms with E-state index in [-0.39, 0.29) is 17.1 Å². The summed E-state index contributed by atoms with van der Waals surface area (Å²) in [5.74, 6) is -0.604. The number of hydrogen-bond acceptors (Lipinski definition) is 5. The van der Waals surface area contributed by atoms with Gasteiger partial charge in [-0.2, -0.15) is 0 Å².